The molecule has 1 heterocycles. The monoisotopic (exact) mass is 301 g/mol. The number of aromatic nitrogens is 1. The van der Waals surface area contributed by atoms with E-state index in [4.69, 9.17) is 0 Å². The number of benzene rings is 1. The third kappa shape index (κ3) is 2.72. The second-order valence-corrected chi connectivity index (χ2v) is 7.61. The highest BCUT2D eigenvalue weighted by molar-refractivity contribution is 7.17. The maximum Gasteiger partial charge on any atom is 0.347 e. The van der Waals surface area contributed by atoms with Gasteiger partial charge in [0.05, 0.1) is 5.69 Å². The summed E-state index contributed by atoms with van der Waals surface area (Å²) in [5, 5.41) is 10.3. The zero-order valence-electron chi connectivity index (χ0n) is 12.5. The van der Waals surface area contributed by atoms with Gasteiger partial charge in [-0.05, 0) is 24.3 Å². The van der Waals surface area contributed by atoms with E-state index in [9.17, 15) is 9.90 Å². The molecule has 1 aliphatic rings. The number of thiazole rings is 1. The first-order valence-corrected chi connectivity index (χ1v) is 8.03. The summed E-state index contributed by atoms with van der Waals surface area (Å²) in [7, 11) is 0. The Hall–Kier alpha value is -1.68. The highest BCUT2D eigenvalue weighted by Crippen LogP contribution is 2.45. The number of carboxylic acid groups (broad SMARTS) is 1. The van der Waals surface area contributed by atoms with Crippen molar-refractivity contribution in [3.8, 4) is 10.6 Å². The number of aromatic carboxylic acids is 1. The summed E-state index contributed by atoms with van der Waals surface area (Å²) in [4.78, 5) is 16.6. The minimum Gasteiger partial charge on any atom is -0.477 e. The fourth-order valence-electron chi connectivity index (χ4n) is 2.53. The van der Waals surface area contributed by atoms with Crippen LogP contribution in [0.15, 0.2) is 24.3 Å². The lowest BCUT2D eigenvalue weighted by Crippen LogP contribution is -2.16. The molecule has 0 amide bonds. The fraction of sp³-hybridized carbons (Fsp3) is 0.412. The molecule has 3 nitrogen and oxygen atoms in total. The van der Waals surface area contributed by atoms with E-state index in [0.717, 1.165) is 10.6 Å². The van der Waals surface area contributed by atoms with Crippen LogP contribution in [0.4, 0.5) is 0 Å². The zero-order chi connectivity index (χ0) is 15.2. The first kappa shape index (κ1) is 14.3. The van der Waals surface area contributed by atoms with Gasteiger partial charge in [-0.1, -0.05) is 45.0 Å². The van der Waals surface area contributed by atoms with Gasteiger partial charge in [0.2, 0.25) is 0 Å². The van der Waals surface area contributed by atoms with Crippen LogP contribution in [-0.4, -0.2) is 16.1 Å². The summed E-state index contributed by atoms with van der Waals surface area (Å²) in [5.74, 6) is -0.260. The van der Waals surface area contributed by atoms with Gasteiger partial charge in [-0.15, -0.1) is 11.3 Å². The summed E-state index contributed by atoms with van der Waals surface area (Å²) in [6.07, 6.45) is 2.45. The second kappa shape index (κ2) is 4.95. The minimum absolute atomic E-state index is 0.267. The molecule has 4 heteroatoms. The molecule has 21 heavy (non-hydrogen) atoms. The largest absolute Gasteiger partial charge is 0.477 e. The quantitative estimate of drug-likeness (QED) is 0.895. The van der Waals surface area contributed by atoms with Gasteiger partial charge < -0.3 is 5.11 Å². The third-order valence-electron chi connectivity index (χ3n) is 3.74. The molecule has 0 atom stereocenters. The maximum atomic E-state index is 11.5. The number of hydrogen-bond acceptors (Lipinski definition) is 3. The molecule has 1 N–H and O–H groups in total. The molecule has 0 bridgehead atoms. The summed E-state index contributed by atoms with van der Waals surface area (Å²) < 4.78 is 0. The lowest BCUT2D eigenvalue weighted by Gasteiger charge is -2.16. The van der Waals surface area contributed by atoms with Gasteiger partial charge in [0.25, 0.3) is 0 Å². The predicted octanol–water partition coefficient (Wildman–Crippen LogP) is 4.68. The molecular weight excluding hydrogens is 282 g/mol. The van der Waals surface area contributed by atoms with Gasteiger partial charge in [-0.3, -0.25) is 0 Å². The van der Waals surface area contributed by atoms with E-state index in [1.165, 1.54) is 29.7 Å². The molecule has 0 aliphatic heterocycles. The van der Waals surface area contributed by atoms with E-state index in [1.54, 1.807) is 0 Å². The van der Waals surface area contributed by atoms with E-state index in [-0.39, 0.29) is 5.41 Å². The molecule has 1 aromatic heterocycles. The molecule has 1 fully saturated rings. The Balaban J connectivity index is 2.14. The van der Waals surface area contributed by atoms with Gasteiger partial charge in [-0.2, -0.15) is 0 Å². The van der Waals surface area contributed by atoms with Gasteiger partial charge in [0, 0.05) is 11.0 Å². The van der Waals surface area contributed by atoms with Crippen molar-refractivity contribution in [2.24, 2.45) is 0 Å². The maximum absolute atomic E-state index is 11.5. The van der Waals surface area contributed by atoms with E-state index < -0.39 is 5.97 Å². The van der Waals surface area contributed by atoms with Crippen molar-refractivity contribution in [2.45, 2.75) is 44.9 Å². The summed E-state index contributed by atoms with van der Waals surface area (Å²) in [5.41, 5.74) is 2.82. The number of carbonyl (C=O) groups is 1. The molecule has 110 valence electrons. The minimum atomic E-state index is -0.882. The third-order valence-corrected chi connectivity index (χ3v) is 4.82. The van der Waals surface area contributed by atoms with Crippen LogP contribution in [0.3, 0.4) is 0 Å². The molecular formula is C17H19NO2S. The van der Waals surface area contributed by atoms with Crippen molar-refractivity contribution in [1.29, 1.82) is 0 Å². The Morgan fingerprint density at radius 2 is 1.95 bits per heavy atom. The predicted molar refractivity (Wildman–Crippen MR) is 85.2 cm³/mol. The van der Waals surface area contributed by atoms with Crippen molar-refractivity contribution in [3.63, 3.8) is 0 Å². The first-order chi connectivity index (χ1) is 9.88. The molecule has 0 unspecified atom stereocenters. The average molecular weight is 301 g/mol. The van der Waals surface area contributed by atoms with Crippen LogP contribution in [0.5, 0.6) is 0 Å². The Morgan fingerprint density at radius 1 is 1.29 bits per heavy atom. The molecule has 0 spiro atoms. The lowest BCUT2D eigenvalue weighted by atomic mass is 9.91. The topological polar surface area (TPSA) is 50.2 Å². The molecule has 0 radical (unpaired) electrons. The Labute approximate surface area is 128 Å². The SMILES string of the molecule is CC(C)(C)c1nc(-c2ccccc2C2CC2)sc1C(=O)O. The number of hydrogen-bond donors (Lipinski definition) is 1. The second-order valence-electron chi connectivity index (χ2n) is 6.61. The van der Waals surface area contributed by atoms with Crippen molar-refractivity contribution in [1.82, 2.24) is 4.98 Å². The smallest absolute Gasteiger partial charge is 0.347 e. The van der Waals surface area contributed by atoms with E-state index in [2.05, 4.69) is 17.1 Å². The van der Waals surface area contributed by atoms with Crippen LogP contribution in [0.2, 0.25) is 0 Å². The summed E-state index contributed by atoms with van der Waals surface area (Å²) >= 11 is 1.30. The number of rotatable bonds is 3. The van der Waals surface area contributed by atoms with Crippen LogP contribution in [0.1, 0.15) is 60.5 Å². The van der Waals surface area contributed by atoms with Gasteiger partial charge in [0.1, 0.15) is 9.88 Å². The van der Waals surface area contributed by atoms with Crippen molar-refractivity contribution in [3.05, 3.63) is 40.4 Å². The Kier molecular flexibility index (Phi) is 3.36. The average Bonchev–Trinajstić information content (AvgIpc) is 3.15. The van der Waals surface area contributed by atoms with Crippen LogP contribution in [0, 0.1) is 0 Å². The van der Waals surface area contributed by atoms with Crippen molar-refractivity contribution in [2.75, 3.05) is 0 Å². The van der Waals surface area contributed by atoms with Gasteiger partial charge >= 0.3 is 5.97 Å². The summed E-state index contributed by atoms with van der Waals surface area (Å²) in [6.45, 7) is 6.02. The van der Waals surface area contributed by atoms with E-state index in [1.807, 2.05) is 32.9 Å². The van der Waals surface area contributed by atoms with Crippen LogP contribution >= 0.6 is 11.3 Å². The highest BCUT2D eigenvalue weighted by Gasteiger charge is 2.30. The van der Waals surface area contributed by atoms with Crippen LogP contribution in [-0.2, 0) is 5.41 Å². The van der Waals surface area contributed by atoms with E-state index in [0.29, 0.717) is 16.5 Å². The van der Waals surface area contributed by atoms with Crippen molar-refractivity contribution < 1.29 is 9.90 Å². The van der Waals surface area contributed by atoms with E-state index >= 15 is 0 Å². The molecule has 2 aromatic rings. The molecule has 0 saturated heterocycles. The number of carboxylic acids is 1. The molecule has 3 rings (SSSR count). The van der Waals surface area contributed by atoms with Gasteiger partial charge in [-0.25, -0.2) is 9.78 Å². The summed E-state index contributed by atoms with van der Waals surface area (Å²) in [6, 6.07) is 8.25. The molecule has 1 aromatic carbocycles. The molecule has 1 aliphatic carbocycles. The Morgan fingerprint density at radius 3 is 2.48 bits per heavy atom. The van der Waals surface area contributed by atoms with Gasteiger partial charge in [0.15, 0.2) is 0 Å². The standard InChI is InChI=1S/C17H19NO2S/c1-17(2,3)14-13(16(19)20)21-15(18-14)12-7-5-4-6-11(12)10-8-9-10/h4-7,10H,8-9H2,1-3H3,(H,19,20). The van der Waals surface area contributed by atoms with Crippen LogP contribution < -0.4 is 0 Å². The van der Waals surface area contributed by atoms with Crippen LogP contribution in [0.25, 0.3) is 10.6 Å². The normalized spacial score (nSPS) is 15.2. The first-order valence-electron chi connectivity index (χ1n) is 7.22. The molecule has 1 saturated carbocycles. The zero-order valence-corrected chi connectivity index (χ0v) is 13.3. The Bertz CT molecular complexity index is 693. The number of nitrogens with zero attached hydrogens (tertiary/aromatic N) is 1. The highest BCUT2D eigenvalue weighted by atomic mass is 32.1. The van der Waals surface area contributed by atoms with Crippen molar-refractivity contribution >= 4 is 17.3 Å². The lowest BCUT2D eigenvalue weighted by molar-refractivity contribution is 0.0699. The fourth-order valence-corrected chi connectivity index (χ4v) is 3.69.